The molecule has 0 unspecified atom stereocenters. The molecule has 5 rings (SSSR count). The van der Waals surface area contributed by atoms with Gasteiger partial charge in [-0.3, -0.25) is 19.3 Å². The molecule has 4 aromatic carbocycles. The molecule has 1 amide bonds. The molecule has 4 aromatic rings. The maximum Gasteiger partial charge on any atom is 0.263 e. The van der Waals surface area contributed by atoms with Crippen LogP contribution in [0.4, 0.5) is 5.69 Å². The summed E-state index contributed by atoms with van der Waals surface area (Å²) in [6.07, 6.45) is 0. The van der Waals surface area contributed by atoms with E-state index in [-0.39, 0.29) is 28.7 Å². The predicted molar refractivity (Wildman–Crippen MR) is 133 cm³/mol. The van der Waals surface area contributed by atoms with Crippen LogP contribution in [-0.2, 0) is 0 Å². The molecule has 1 aliphatic rings. The van der Waals surface area contributed by atoms with Gasteiger partial charge in [0.25, 0.3) is 5.91 Å². The topological polar surface area (TPSA) is 54.5 Å². The quantitative estimate of drug-likeness (QED) is 0.282. The first-order valence-electron chi connectivity index (χ1n) is 11.0. The fraction of sp³-hybridized carbons (Fsp3) is 0.0333. The van der Waals surface area contributed by atoms with Crippen molar-refractivity contribution in [1.82, 2.24) is 0 Å². The summed E-state index contributed by atoms with van der Waals surface area (Å²) >= 11 is 0. The van der Waals surface area contributed by atoms with E-state index in [1.165, 1.54) is 4.90 Å². The number of hydrogen-bond donors (Lipinski definition) is 0. The standard InChI is InChI=1S/C30H21NO3/c1-20-12-8-9-17-23(20)28(32)26(21-13-4-2-5-14-21)27-29(33)24-18-10-11-19-25(24)31(27)30(34)22-15-6-3-7-16-22/h2-19H,1H3/b27-26+. The molecular weight excluding hydrogens is 422 g/mol. The number of Topliss-reactive ketones (excluding diaryl/α,β-unsaturated/α-hetero) is 2. The maximum absolute atomic E-state index is 14.0. The molecule has 0 N–H and O–H groups in total. The second-order valence-electron chi connectivity index (χ2n) is 8.09. The Bertz CT molecular complexity index is 1450. The number of carbonyl (C=O) groups is 3. The number of nitrogens with zero attached hydrogens (tertiary/aromatic N) is 1. The van der Waals surface area contributed by atoms with Crippen LogP contribution < -0.4 is 4.90 Å². The summed E-state index contributed by atoms with van der Waals surface area (Å²) in [5, 5.41) is 0. The first-order chi connectivity index (χ1) is 16.6. The van der Waals surface area contributed by atoms with Crippen LogP contribution >= 0.6 is 0 Å². The average molecular weight is 444 g/mol. The highest BCUT2D eigenvalue weighted by Crippen LogP contribution is 2.40. The Hall–Kier alpha value is -4.57. The Morgan fingerprint density at radius 1 is 0.647 bits per heavy atom. The van der Waals surface area contributed by atoms with E-state index in [1.807, 2.05) is 43.3 Å². The lowest BCUT2D eigenvalue weighted by atomic mass is 9.91. The lowest BCUT2D eigenvalue weighted by molar-refractivity contribution is 0.0972. The van der Waals surface area contributed by atoms with Gasteiger partial charge in [-0.2, -0.15) is 0 Å². The van der Waals surface area contributed by atoms with E-state index in [4.69, 9.17) is 0 Å². The summed E-state index contributed by atoms with van der Waals surface area (Å²) in [6, 6.07) is 32.1. The number of rotatable bonds is 4. The van der Waals surface area contributed by atoms with Gasteiger partial charge in [-0.1, -0.05) is 84.9 Å². The molecule has 0 bridgehead atoms. The van der Waals surface area contributed by atoms with E-state index in [1.54, 1.807) is 72.8 Å². The van der Waals surface area contributed by atoms with Crippen molar-refractivity contribution in [2.75, 3.05) is 4.90 Å². The van der Waals surface area contributed by atoms with Gasteiger partial charge in [-0.15, -0.1) is 0 Å². The van der Waals surface area contributed by atoms with Crippen molar-refractivity contribution in [2.24, 2.45) is 0 Å². The van der Waals surface area contributed by atoms with Gasteiger partial charge in [0.1, 0.15) is 5.70 Å². The molecule has 0 saturated carbocycles. The van der Waals surface area contributed by atoms with Crippen LogP contribution in [0.2, 0.25) is 0 Å². The number of para-hydroxylation sites is 1. The van der Waals surface area contributed by atoms with Crippen LogP contribution in [0, 0.1) is 6.92 Å². The monoisotopic (exact) mass is 443 g/mol. The van der Waals surface area contributed by atoms with Crippen LogP contribution in [0.25, 0.3) is 5.57 Å². The first kappa shape index (κ1) is 21.3. The molecule has 0 aromatic heterocycles. The highest BCUT2D eigenvalue weighted by Gasteiger charge is 2.40. The molecule has 0 fully saturated rings. The van der Waals surface area contributed by atoms with Crippen LogP contribution in [0.3, 0.4) is 0 Å². The molecule has 1 aliphatic heterocycles. The number of anilines is 1. The van der Waals surface area contributed by atoms with Gasteiger partial charge in [0.15, 0.2) is 5.78 Å². The minimum Gasteiger partial charge on any atom is -0.288 e. The molecule has 34 heavy (non-hydrogen) atoms. The fourth-order valence-electron chi connectivity index (χ4n) is 4.30. The summed E-state index contributed by atoms with van der Waals surface area (Å²) < 4.78 is 0. The summed E-state index contributed by atoms with van der Waals surface area (Å²) in [5.74, 6) is -1.01. The number of fused-ring (bicyclic) bond motifs is 1. The average Bonchev–Trinajstić information content (AvgIpc) is 3.17. The minimum atomic E-state index is -0.361. The lowest BCUT2D eigenvalue weighted by Crippen LogP contribution is -2.31. The van der Waals surface area contributed by atoms with Crippen molar-refractivity contribution in [3.63, 3.8) is 0 Å². The van der Waals surface area contributed by atoms with E-state index in [0.717, 1.165) is 5.56 Å². The highest BCUT2D eigenvalue weighted by molar-refractivity contribution is 6.40. The Kier molecular flexibility index (Phi) is 5.48. The zero-order valence-corrected chi connectivity index (χ0v) is 18.6. The maximum atomic E-state index is 14.0. The smallest absolute Gasteiger partial charge is 0.263 e. The number of carbonyl (C=O) groups excluding carboxylic acids is 3. The molecule has 0 radical (unpaired) electrons. The van der Waals surface area contributed by atoms with Crippen LogP contribution in [0.5, 0.6) is 0 Å². The zero-order chi connectivity index (χ0) is 23.7. The molecule has 0 atom stereocenters. The number of benzene rings is 4. The summed E-state index contributed by atoms with van der Waals surface area (Å²) in [4.78, 5) is 42.9. The van der Waals surface area contributed by atoms with Gasteiger partial charge in [-0.25, -0.2) is 0 Å². The van der Waals surface area contributed by atoms with Gasteiger partial charge >= 0.3 is 0 Å². The van der Waals surface area contributed by atoms with Crippen molar-refractivity contribution in [3.05, 3.63) is 143 Å². The number of aryl methyl sites for hydroxylation is 1. The lowest BCUT2D eigenvalue weighted by Gasteiger charge is -2.22. The Balaban J connectivity index is 1.82. The largest absolute Gasteiger partial charge is 0.288 e. The molecule has 4 heteroatoms. The van der Waals surface area contributed by atoms with Crippen molar-refractivity contribution in [2.45, 2.75) is 6.92 Å². The van der Waals surface area contributed by atoms with E-state index < -0.39 is 0 Å². The number of ketones is 2. The molecule has 0 saturated heterocycles. The van der Waals surface area contributed by atoms with Gasteiger partial charge in [0.05, 0.1) is 11.3 Å². The van der Waals surface area contributed by atoms with E-state index in [9.17, 15) is 14.4 Å². The van der Waals surface area contributed by atoms with Gasteiger partial charge in [0, 0.05) is 16.7 Å². The van der Waals surface area contributed by atoms with E-state index >= 15 is 0 Å². The second-order valence-corrected chi connectivity index (χ2v) is 8.09. The Labute approximate surface area is 197 Å². The Morgan fingerprint density at radius 3 is 1.88 bits per heavy atom. The van der Waals surface area contributed by atoms with Crippen LogP contribution in [0.1, 0.15) is 42.2 Å². The Morgan fingerprint density at radius 2 is 1.21 bits per heavy atom. The summed E-state index contributed by atoms with van der Waals surface area (Å²) in [5.41, 5.74) is 3.46. The van der Waals surface area contributed by atoms with Crippen molar-refractivity contribution < 1.29 is 14.4 Å². The van der Waals surface area contributed by atoms with Gasteiger partial charge < -0.3 is 0 Å². The van der Waals surface area contributed by atoms with Gasteiger partial charge in [-0.05, 0) is 42.3 Å². The highest BCUT2D eigenvalue weighted by atomic mass is 16.2. The van der Waals surface area contributed by atoms with Crippen LogP contribution in [0.15, 0.2) is 115 Å². The minimum absolute atomic E-state index is 0.0782. The number of amides is 1. The predicted octanol–water partition coefficient (Wildman–Crippen LogP) is 6.13. The molecular formula is C30H21NO3. The molecule has 4 nitrogen and oxygen atoms in total. The third-order valence-corrected chi connectivity index (χ3v) is 5.97. The summed E-state index contributed by atoms with van der Waals surface area (Å²) in [6.45, 7) is 1.86. The molecule has 164 valence electrons. The first-order valence-corrected chi connectivity index (χ1v) is 11.0. The third kappa shape index (κ3) is 3.55. The molecule has 1 heterocycles. The summed E-state index contributed by atoms with van der Waals surface area (Å²) in [7, 11) is 0. The molecule has 0 aliphatic carbocycles. The SMILES string of the molecule is Cc1ccccc1C(=O)/C(=C1\C(=O)c2ccccc2N1C(=O)c1ccccc1)c1ccccc1. The van der Waals surface area contributed by atoms with E-state index in [2.05, 4.69) is 0 Å². The third-order valence-electron chi connectivity index (χ3n) is 5.97. The fourth-order valence-corrected chi connectivity index (χ4v) is 4.30. The zero-order valence-electron chi connectivity index (χ0n) is 18.6. The van der Waals surface area contributed by atoms with Crippen molar-refractivity contribution in [3.8, 4) is 0 Å². The van der Waals surface area contributed by atoms with Gasteiger partial charge in [0.2, 0.25) is 5.78 Å². The number of allylic oxidation sites excluding steroid dienone is 2. The van der Waals surface area contributed by atoms with E-state index in [0.29, 0.717) is 27.9 Å². The van der Waals surface area contributed by atoms with Crippen molar-refractivity contribution >= 4 is 28.7 Å². The second kappa shape index (κ2) is 8.75. The normalized spacial score (nSPS) is 14.0. The number of hydrogen-bond acceptors (Lipinski definition) is 3. The van der Waals surface area contributed by atoms with Crippen LogP contribution in [-0.4, -0.2) is 17.5 Å². The molecule has 0 spiro atoms. The van der Waals surface area contributed by atoms with Crippen molar-refractivity contribution in [1.29, 1.82) is 0 Å².